The maximum absolute atomic E-state index is 14.6. The van der Waals surface area contributed by atoms with Crippen LogP contribution in [0.4, 0.5) is 0 Å². The van der Waals surface area contributed by atoms with Gasteiger partial charge < -0.3 is 52.8 Å². The van der Waals surface area contributed by atoms with Crippen LogP contribution < -0.4 is 47.9 Å². The van der Waals surface area contributed by atoms with E-state index in [1.165, 1.54) is 38.1 Å². The van der Waals surface area contributed by atoms with Gasteiger partial charge in [-0.05, 0) is 92.2 Å². The van der Waals surface area contributed by atoms with Gasteiger partial charge in [0, 0.05) is 43.2 Å². The molecule has 0 aromatic heterocycles. The third-order valence-corrected chi connectivity index (χ3v) is 10.7. The molecule has 10 N–H and O–H groups in total. The molecule has 1 unspecified atom stereocenters. The van der Waals surface area contributed by atoms with Gasteiger partial charge in [0.2, 0.25) is 23.6 Å². The predicted molar refractivity (Wildman–Crippen MR) is 237 cm³/mol. The molecule has 1 aliphatic heterocycles. The molecular weight excluding hydrogens is 791 g/mol. The van der Waals surface area contributed by atoms with Crippen molar-refractivity contribution in [2.24, 2.45) is 17.2 Å². The number of carbonyl (C=O) groups is 5. The van der Waals surface area contributed by atoms with Crippen LogP contribution in [0.3, 0.4) is 0 Å². The Morgan fingerprint density at radius 3 is 2.21 bits per heavy atom. The molecule has 3 aromatic carbocycles. The zero-order valence-electron chi connectivity index (χ0n) is 36.4. The number of nitrogens with zero attached hydrogens (tertiary/aromatic N) is 2. The summed E-state index contributed by atoms with van der Waals surface area (Å²) in [4.78, 5) is 71.1. The molecule has 0 aliphatic carbocycles. The monoisotopic (exact) mass is 853 g/mol. The molecule has 0 saturated carbocycles. The standard InChI is InChI=1S/C46H63N9O7/c1-5-6-7-8-9-10-31-11-14-34(29(2)25-31)43(57)53-37(17-18-47)46(60)55(4)41-33-13-16-40(62-24-21-50)36(28-33)35-26-32(12-15-39(35)61-23-20-49)27-38(44(58)51-22-19-48)54-42(56)30(3)52-45(41)59/h11-16,25-26,28,30,37-38,41H,5-10,17-18,20-24,27,47,49-50H2,1-4H3,(H,51,58)(H,52,59)(H,53,57)(H,54,56)/t30-,37?,38-,41-/m0/s1. The first-order chi connectivity index (χ1) is 29.9. The van der Waals surface area contributed by atoms with Crippen LogP contribution in [-0.4, -0.2) is 99.0 Å². The lowest BCUT2D eigenvalue weighted by atomic mass is 9.93. The first-order valence-corrected chi connectivity index (χ1v) is 21.4. The highest BCUT2D eigenvalue weighted by Gasteiger charge is 2.36. The Balaban J connectivity index is 1.78. The number of nitriles is 1. The molecule has 4 rings (SSSR count). The zero-order valence-corrected chi connectivity index (χ0v) is 36.4. The number of rotatable bonds is 20. The molecule has 16 heteroatoms. The van der Waals surface area contributed by atoms with Crippen molar-refractivity contribution in [2.75, 3.05) is 46.4 Å². The van der Waals surface area contributed by atoms with Crippen LogP contribution in [0.2, 0.25) is 0 Å². The lowest BCUT2D eigenvalue weighted by molar-refractivity contribution is -0.141. The first-order valence-electron chi connectivity index (χ1n) is 21.4. The Morgan fingerprint density at radius 2 is 1.56 bits per heavy atom. The zero-order chi connectivity index (χ0) is 45.2. The highest BCUT2D eigenvalue weighted by Crippen LogP contribution is 2.40. The minimum Gasteiger partial charge on any atom is -0.492 e. The summed E-state index contributed by atoms with van der Waals surface area (Å²) in [6, 6.07) is 13.0. The van der Waals surface area contributed by atoms with Gasteiger partial charge in [0.15, 0.2) is 0 Å². The summed E-state index contributed by atoms with van der Waals surface area (Å²) in [5.41, 5.74) is 21.9. The van der Waals surface area contributed by atoms with Gasteiger partial charge >= 0.3 is 0 Å². The molecule has 16 nitrogen and oxygen atoms in total. The van der Waals surface area contributed by atoms with Gasteiger partial charge in [-0.3, -0.25) is 24.0 Å². The van der Waals surface area contributed by atoms with Crippen molar-refractivity contribution < 1.29 is 33.4 Å². The fourth-order valence-corrected chi connectivity index (χ4v) is 7.43. The molecule has 0 fully saturated rings. The van der Waals surface area contributed by atoms with Gasteiger partial charge in [0.1, 0.15) is 55.4 Å². The topological polar surface area (TPSA) is 257 Å². The highest BCUT2D eigenvalue weighted by molar-refractivity contribution is 6.00. The van der Waals surface area contributed by atoms with Crippen molar-refractivity contribution in [3.05, 3.63) is 82.4 Å². The predicted octanol–water partition coefficient (Wildman–Crippen LogP) is 2.68. The number of carbonyl (C=O) groups excluding carboxylic acids is 5. The molecular formula is C46H63N9O7. The minimum atomic E-state index is -1.36. The summed E-state index contributed by atoms with van der Waals surface area (Å²) < 4.78 is 12.2. The first kappa shape index (κ1) is 48.6. The highest BCUT2D eigenvalue weighted by atomic mass is 16.5. The average Bonchev–Trinajstić information content (AvgIpc) is 3.26. The average molecular weight is 854 g/mol. The molecule has 334 valence electrons. The van der Waals surface area contributed by atoms with Crippen molar-refractivity contribution >= 4 is 29.5 Å². The van der Waals surface area contributed by atoms with E-state index < -0.39 is 53.7 Å². The van der Waals surface area contributed by atoms with Crippen molar-refractivity contribution in [1.29, 1.82) is 5.26 Å². The van der Waals surface area contributed by atoms with Gasteiger partial charge in [-0.15, -0.1) is 0 Å². The maximum Gasteiger partial charge on any atom is 0.252 e. The van der Waals surface area contributed by atoms with E-state index in [1.54, 1.807) is 42.5 Å². The summed E-state index contributed by atoms with van der Waals surface area (Å²) in [5.74, 6) is -2.26. The third kappa shape index (κ3) is 13.2. The van der Waals surface area contributed by atoms with Crippen LogP contribution >= 0.6 is 0 Å². The number of aryl methyl sites for hydroxylation is 2. The number of benzene rings is 3. The fraction of sp³-hybridized carbons (Fsp3) is 0.478. The summed E-state index contributed by atoms with van der Waals surface area (Å²) >= 11 is 0. The van der Waals surface area contributed by atoms with Crippen molar-refractivity contribution in [2.45, 2.75) is 96.3 Å². The molecule has 3 aromatic rings. The van der Waals surface area contributed by atoms with Gasteiger partial charge in [-0.1, -0.05) is 56.9 Å². The molecule has 1 heterocycles. The smallest absolute Gasteiger partial charge is 0.252 e. The molecule has 0 spiro atoms. The fourth-order valence-electron chi connectivity index (χ4n) is 7.43. The van der Waals surface area contributed by atoms with E-state index >= 15 is 0 Å². The van der Waals surface area contributed by atoms with E-state index in [0.29, 0.717) is 39.3 Å². The normalized spacial score (nSPS) is 16.7. The largest absolute Gasteiger partial charge is 0.492 e. The molecule has 5 amide bonds. The van der Waals surface area contributed by atoms with Gasteiger partial charge in [-0.2, -0.15) is 5.26 Å². The number of hydrogen-bond acceptors (Lipinski definition) is 11. The second kappa shape index (κ2) is 24.4. The number of likely N-dealkylation sites (N-methyl/N-ethyl adjacent to an activating group) is 1. The van der Waals surface area contributed by atoms with Crippen LogP contribution in [0.25, 0.3) is 11.1 Å². The van der Waals surface area contributed by atoms with Crippen molar-refractivity contribution in [3.8, 4) is 28.7 Å². The number of amides is 5. The number of unbranched alkanes of at least 4 members (excludes halogenated alkanes) is 4. The molecule has 4 bridgehead atoms. The van der Waals surface area contributed by atoms with E-state index in [4.69, 9.17) is 31.9 Å². The Kier molecular flexibility index (Phi) is 19.2. The number of nitrogens with one attached hydrogen (secondary N) is 4. The van der Waals surface area contributed by atoms with Crippen molar-refractivity contribution in [3.63, 3.8) is 0 Å². The van der Waals surface area contributed by atoms with E-state index in [1.807, 2.05) is 25.1 Å². The third-order valence-electron chi connectivity index (χ3n) is 10.7. The van der Waals surface area contributed by atoms with Crippen LogP contribution in [0, 0.1) is 18.3 Å². The van der Waals surface area contributed by atoms with Gasteiger partial charge in [0.25, 0.3) is 5.91 Å². The molecule has 0 saturated heterocycles. The summed E-state index contributed by atoms with van der Waals surface area (Å²) in [6.07, 6.45) is 6.77. The SMILES string of the molecule is CCCCCCCc1ccc(C(=O)NC(CCN)C(=O)N(C)[C@@H]2C(=O)N[C@@H](C)C(=O)N[C@H](C(=O)NCC#N)Cc3ccc(OCCN)c(c3)-c3cc2ccc3OCCN)c(C)c1. The van der Waals surface area contributed by atoms with E-state index in [9.17, 15) is 24.0 Å². The maximum atomic E-state index is 14.6. The van der Waals surface area contributed by atoms with Crippen LogP contribution in [-0.2, 0) is 32.0 Å². The Bertz CT molecular complexity index is 2070. The van der Waals surface area contributed by atoms with Gasteiger partial charge in [0.05, 0.1) is 6.07 Å². The number of ether oxygens (including phenoxy) is 2. The summed E-state index contributed by atoms with van der Waals surface area (Å²) in [5, 5.41) is 20.0. The van der Waals surface area contributed by atoms with E-state index in [-0.39, 0.29) is 52.2 Å². The number of fused-ring (bicyclic) bond motifs is 5. The van der Waals surface area contributed by atoms with E-state index in [2.05, 4.69) is 28.2 Å². The summed E-state index contributed by atoms with van der Waals surface area (Å²) in [6.45, 7) is 5.99. The van der Waals surface area contributed by atoms with Crippen LogP contribution in [0.5, 0.6) is 11.5 Å². The summed E-state index contributed by atoms with van der Waals surface area (Å²) in [7, 11) is 1.45. The second-order valence-corrected chi connectivity index (χ2v) is 15.5. The lowest BCUT2D eigenvalue weighted by Gasteiger charge is -2.32. The Morgan fingerprint density at radius 1 is 0.887 bits per heavy atom. The molecule has 1 aliphatic rings. The van der Waals surface area contributed by atoms with E-state index in [0.717, 1.165) is 30.4 Å². The lowest BCUT2D eigenvalue weighted by Crippen LogP contribution is -2.56. The molecule has 62 heavy (non-hydrogen) atoms. The second-order valence-electron chi connectivity index (χ2n) is 15.5. The quantitative estimate of drug-likeness (QED) is 0.0643. The molecule has 4 atom stereocenters. The minimum absolute atomic E-state index is 0.0173. The number of hydrogen-bond donors (Lipinski definition) is 7. The Hall–Kier alpha value is -6.02. The Labute approximate surface area is 364 Å². The van der Waals surface area contributed by atoms with Crippen molar-refractivity contribution in [1.82, 2.24) is 26.2 Å². The molecule has 0 radical (unpaired) electrons. The van der Waals surface area contributed by atoms with Crippen LogP contribution in [0.1, 0.15) is 91.0 Å². The van der Waals surface area contributed by atoms with Gasteiger partial charge in [-0.25, -0.2) is 0 Å². The number of nitrogens with two attached hydrogens (primary N) is 3. The van der Waals surface area contributed by atoms with Crippen LogP contribution in [0.15, 0.2) is 54.6 Å².